The molecule has 152 valence electrons. The van der Waals surface area contributed by atoms with Gasteiger partial charge in [-0.25, -0.2) is 0 Å². The molecule has 2 aliphatic rings. The standard InChI is InChI=1S/C22H32N4O2/c1-23-9-11-24(12-10-23)18-26-17-19(20-6-2-3-7-21(20)26)5-4-8-22(27)25-13-15-28-16-14-25/h2-3,6-7,17H,4-5,8-16,18H2,1H3. The van der Waals surface area contributed by atoms with E-state index in [9.17, 15) is 4.79 Å². The van der Waals surface area contributed by atoms with Crippen LogP contribution >= 0.6 is 0 Å². The molecule has 0 unspecified atom stereocenters. The van der Waals surface area contributed by atoms with Crippen LogP contribution in [0.25, 0.3) is 10.9 Å². The smallest absolute Gasteiger partial charge is 0.222 e. The maximum Gasteiger partial charge on any atom is 0.222 e. The van der Waals surface area contributed by atoms with Crippen molar-refractivity contribution in [2.75, 3.05) is 59.5 Å². The number of ether oxygens (including phenoxy) is 1. The number of nitrogens with zero attached hydrogens (tertiary/aromatic N) is 4. The van der Waals surface area contributed by atoms with Gasteiger partial charge in [0, 0.05) is 62.8 Å². The first kappa shape index (κ1) is 19.4. The number of rotatable bonds is 6. The summed E-state index contributed by atoms with van der Waals surface area (Å²) >= 11 is 0. The van der Waals surface area contributed by atoms with Gasteiger partial charge in [-0.05, 0) is 31.5 Å². The minimum absolute atomic E-state index is 0.268. The predicted octanol–water partition coefficient (Wildman–Crippen LogP) is 2.03. The molecule has 2 fully saturated rings. The van der Waals surface area contributed by atoms with E-state index in [2.05, 4.69) is 51.9 Å². The third-order valence-corrected chi connectivity index (χ3v) is 6.02. The van der Waals surface area contributed by atoms with Crippen molar-refractivity contribution < 1.29 is 9.53 Å². The van der Waals surface area contributed by atoms with Crippen molar-refractivity contribution >= 4 is 16.8 Å². The molecule has 4 rings (SSSR count). The molecule has 0 saturated carbocycles. The van der Waals surface area contributed by atoms with E-state index in [4.69, 9.17) is 4.74 Å². The molecule has 1 amide bonds. The zero-order chi connectivity index (χ0) is 19.3. The van der Waals surface area contributed by atoms with E-state index in [0.29, 0.717) is 19.6 Å². The van der Waals surface area contributed by atoms with Crippen molar-refractivity contribution in [2.45, 2.75) is 25.9 Å². The van der Waals surface area contributed by atoms with Crippen molar-refractivity contribution in [2.24, 2.45) is 0 Å². The number of carbonyl (C=O) groups excluding carboxylic acids is 1. The summed E-state index contributed by atoms with van der Waals surface area (Å²) in [6.07, 6.45) is 4.78. The number of aryl methyl sites for hydroxylation is 1. The van der Waals surface area contributed by atoms with Crippen LogP contribution in [0.3, 0.4) is 0 Å². The van der Waals surface area contributed by atoms with Crippen LogP contribution in [-0.2, 0) is 22.6 Å². The average Bonchev–Trinajstić information content (AvgIpc) is 3.08. The highest BCUT2D eigenvalue weighted by atomic mass is 16.5. The van der Waals surface area contributed by atoms with Gasteiger partial charge in [-0.15, -0.1) is 0 Å². The first-order chi connectivity index (χ1) is 13.7. The van der Waals surface area contributed by atoms with Crippen molar-refractivity contribution in [3.8, 4) is 0 Å². The van der Waals surface area contributed by atoms with Crippen LogP contribution in [0.15, 0.2) is 30.5 Å². The van der Waals surface area contributed by atoms with E-state index in [1.807, 2.05) is 4.90 Å². The summed E-state index contributed by atoms with van der Waals surface area (Å²) in [5, 5.41) is 1.33. The maximum atomic E-state index is 12.4. The van der Waals surface area contributed by atoms with Crippen LogP contribution in [0.2, 0.25) is 0 Å². The summed E-state index contributed by atoms with van der Waals surface area (Å²) < 4.78 is 7.73. The fourth-order valence-corrected chi connectivity index (χ4v) is 4.24. The van der Waals surface area contributed by atoms with E-state index in [1.165, 1.54) is 16.5 Å². The molecule has 2 aromatic rings. The van der Waals surface area contributed by atoms with Crippen LogP contribution in [0.1, 0.15) is 18.4 Å². The molecule has 28 heavy (non-hydrogen) atoms. The molecular weight excluding hydrogens is 352 g/mol. The maximum absolute atomic E-state index is 12.4. The lowest BCUT2D eigenvalue weighted by Crippen LogP contribution is -2.44. The number of hydrogen-bond acceptors (Lipinski definition) is 4. The zero-order valence-corrected chi connectivity index (χ0v) is 17.0. The summed E-state index contributed by atoms with van der Waals surface area (Å²) in [5.41, 5.74) is 2.66. The number of para-hydroxylation sites is 1. The number of piperazine rings is 1. The molecule has 1 aromatic heterocycles. The molecule has 0 spiro atoms. The normalized spacial score (nSPS) is 19.4. The molecule has 0 atom stereocenters. The monoisotopic (exact) mass is 384 g/mol. The molecule has 6 nitrogen and oxygen atoms in total. The van der Waals surface area contributed by atoms with E-state index >= 15 is 0 Å². The highest BCUT2D eigenvalue weighted by Crippen LogP contribution is 2.24. The third-order valence-electron chi connectivity index (χ3n) is 6.02. The largest absolute Gasteiger partial charge is 0.378 e. The van der Waals surface area contributed by atoms with Gasteiger partial charge in [0.2, 0.25) is 5.91 Å². The molecule has 2 saturated heterocycles. The fraction of sp³-hybridized carbons (Fsp3) is 0.591. The Balaban J connectivity index is 1.39. The number of likely N-dealkylation sites (N-methyl/N-ethyl adjacent to an activating group) is 1. The van der Waals surface area contributed by atoms with Crippen molar-refractivity contribution in [3.63, 3.8) is 0 Å². The van der Waals surface area contributed by atoms with Crippen molar-refractivity contribution in [1.82, 2.24) is 19.3 Å². The van der Waals surface area contributed by atoms with Crippen LogP contribution < -0.4 is 0 Å². The SMILES string of the molecule is CN1CCN(Cn2cc(CCCC(=O)N3CCOCC3)c3ccccc32)CC1. The quantitative estimate of drug-likeness (QED) is 0.764. The van der Waals surface area contributed by atoms with E-state index in [-0.39, 0.29) is 5.91 Å². The second-order valence-electron chi connectivity index (χ2n) is 8.05. The highest BCUT2D eigenvalue weighted by molar-refractivity contribution is 5.84. The number of morpholine rings is 1. The Morgan fingerprint density at radius 1 is 1.04 bits per heavy atom. The lowest BCUT2D eigenvalue weighted by Gasteiger charge is -2.32. The Labute approximate surface area is 167 Å². The Hall–Kier alpha value is -1.89. The van der Waals surface area contributed by atoms with Gasteiger partial charge in [-0.3, -0.25) is 9.69 Å². The topological polar surface area (TPSA) is 41.0 Å². The van der Waals surface area contributed by atoms with E-state index in [0.717, 1.165) is 58.8 Å². The molecule has 0 aliphatic carbocycles. The van der Waals surface area contributed by atoms with Gasteiger partial charge < -0.3 is 19.1 Å². The van der Waals surface area contributed by atoms with Crippen LogP contribution in [-0.4, -0.2) is 84.7 Å². The van der Waals surface area contributed by atoms with Crippen molar-refractivity contribution in [3.05, 3.63) is 36.0 Å². The van der Waals surface area contributed by atoms with Crippen LogP contribution in [0.4, 0.5) is 0 Å². The molecule has 2 aliphatic heterocycles. The average molecular weight is 385 g/mol. The molecule has 0 N–H and O–H groups in total. The molecule has 0 radical (unpaired) electrons. The van der Waals surface area contributed by atoms with Crippen LogP contribution in [0, 0.1) is 0 Å². The van der Waals surface area contributed by atoms with Crippen LogP contribution in [0.5, 0.6) is 0 Å². The van der Waals surface area contributed by atoms with Crippen molar-refractivity contribution in [1.29, 1.82) is 0 Å². The third kappa shape index (κ3) is 4.57. The Morgan fingerprint density at radius 3 is 2.57 bits per heavy atom. The number of aromatic nitrogens is 1. The fourth-order valence-electron chi connectivity index (χ4n) is 4.24. The lowest BCUT2D eigenvalue weighted by atomic mass is 10.1. The van der Waals surface area contributed by atoms with E-state index in [1.54, 1.807) is 0 Å². The molecular formula is C22H32N4O2. The van der Waals surface area contributed by atoms with Gasteiger partial charge in [0.25, 0.3) is 0 Å². The molecule has 3 heterocycles. The van der Waals surface area contributed by atoms with Gasteiger partial charge in [0.1, 0.15) is 0 Å². The van der Waals surface area contributed by atoms with Gasteiger partial charge >= 0.3 is 0 Å². The Bertz CT molecular complexity index is 789. The number of fused-ring (bicyclic) bond motifs is 1. The summed E-state index contributed by atoms with van der Waals surface area (Å²) in [6.45, 7) is 8.27. The number of benzene rings is 1. The summed E-state index contributed by atoms with van der Waals surface area (Å²) in [5.74, 6) is 0.268. The predicted molar refractivity (Wildman–Crippen MR) is 111 cm³/mol. The van der Waals surface area contributed by atoms with Gasteiger partial charge in [0.05, 0.1) is 19.9 Å². The molecule has 6 heteroatoms. The minimum atomic E-state index is 0.268. The second kappa shape index (κ2) is 9.07. The highest BCUT2D eigenvalue weighted by Gasteiger charge is 2.18. The second-order valence-corrected chi connectivity index (χ2v) is 8.05. The minimum Gasteiger partial charge on any atom is -0.378 e. The number of carbonyl (C=O) groups is 1. The van der Waals surface area contributed by atoms with Gasteiger partial charge in [-0.2, -0.15) is 0 Å². The summed E-state index contributed by atoms with van der Waals surface area (Å²) in [6, 6.07) is 8.67. The first-order valence-corrected chi connectivity index (χ1v) is 10.5. The Morgan fingerprint density at radius 2 is 1.79 bits per heavy atom. The zero-order valence-electron chi connectivity index (χ0n) is 17.0. The first-order valence-electron chi connectivity index (χ1n) is 10.5. The van der Waals surface area contributed by atoms with E-state index < -0.39 is 0 Å². The molecule has 0 bridgehead atoms. The summed E-state index contributed by atoms with van der Waals surface area (Å²) in [4.78, 5) is 19.3. The number of hydrogen-bond donors (Lipinski definition) is 0. The van der Waals surface area contributed by atoms with Gasteiger partial charge in [0.15, 0.2) is 0 Å². The summed E-state index contributed by atoms with van der Waals surface area (Å²) in [7, 11) is 2.19. The molecule has 1 aromatic carbocycles. The van der Waals surface area contributed by atoms with Gasteiger partial charge in [-0.1, -0.05) is 18.2 Å². The number of amides is 1. The lowest BCUT2D eigenvalue weighted by molar-refractivity contribution is -0.135. The Kier molecular flexibility index (Phi) is 6.29.